The topological polar surface area (TPSA) is 21.3 Å². The Balaban J connectivity index is 0.000000490. The first-order valence-electron chi connectivity index (χ1n) is 2.66. The lowest BCUT2D eigenvalue weighted by molar-refractivity contribution is 0.139. The van der Waals surface area contributed by atoms with Crippen molar-refractivity contribution in [3.63, 3.8) is 0 Å². The van der Waals surface area contributed by atoms with Crippen molar-refractivity contribution in [2.75, 3.05) is 20.3 Å². The maximum absolute atomic E-state index is 4.88. The number of rotatable bonds is 2. The molecule has 1 fully saturated rings. The average molecular weight is 138 g/mol. The van der Waals surface area contributed by atoms with Gasteiger partial charge in [-0.15, -0.1) is 12.4 Å². The molecular formula is C5H12ClNO. The van der Waals surface area contributed by atoms with Gasteiger partial charge in [0.2, 0.25) is 0 Å². The van der Waals surface area contributed by atoms with Crippen LogP contribution in [0.5, 0.6) is 0 Å². The standard InChI is InChI=1S/C5H11NO.ClH/c1-7-4-5-2-3-6-5;/h5-6H,2-4H2,1H3;1H. The van der Waals surface area contributed by atoms with Crippen LogP contribution < -0.4 is 5.32 Å². The fourth-order valence-corrected chi connectivity index (χ4v) is 0.692. The van der Waals surface area contributed by atoms with Crippen LogP contribution in [0.15, 0.2) is 0 Å². The van der Waals surface area contributed by atoms with Crippen LogP contribution in [0.25, 0.3) is 0 Å². The SMILES string of the molecule is COCC1CCN1.Cl. The summed E-state index contributed by atoms with van der Waals surface area (Å²) in [6.07, 6.45) is 1.29. The third-order valence-electron chi connectivity index (χ3n) is 1.29. The van der Waals surface area contributed by atoms with Crippen molar-refractivity contribution >= 4 is 12.4 Å². The van der Waals surface area contributed by atoms with Crippen LogP contribution in [-0.4, -0.2) is 26.3 Å². The minimum atomic E-state index is 0. The maximum Gasteiger partial charge on any atom is 0.0616 e. The van der Waals surface area contributed by atoms with Crippen LogP contribution in [0, 0.1) is 0 Å². The van der Waals surface area contributed by atoms with Gasteiger partial charge in [0.05, 0.1) is 6.61 Å². The van der Waals surface area contributed by atoms with Crippen molar-refractivity contribution in [2.45, 2.75) is 12.5 Å². The Morgan fingerprint density at radius 1 is 1.75 bits per heavy atom. The Labute approximate surface area is 56.0 Å². The van der Waals surface area contributed by atoms with Gasteiger partial charge in [-0.05, 0) is 13.0 Å². The Hall–Kier alpha value is 0.210. The fraction of sp³-hybridized carbons (Fsp3) is 1.00. The number of halogens is 1. The molecule has 0 aromatic carbocycles. The predicted octanol–water partition coefficient (Wildman–Crippen LogP) is 0.416. The molecule has 0 aromatic heterocycles. The van der Waals surface area contributed by atoms with Gasteiger partial charge in [-0.3, -0.25) is 0 Å². The molecule has 0 saturated carbocycles. The second-order valence-corrected chi connectivity index (χ2v) is 1.90. The Bertz CT molecular complexity index is 56.4. The van der Waals surface area contributed by atoms with E-state index in [1.54, 1.807) is 7.11 Å². The van der Waals surface area contributed by atoms with Crippen molar-refractivity contribution in [1.82, 2.24) is 5.32 Å². The quantitative estimate of drug-likeness (QED) is 0.596. The second kappa shape index (κ2) is 4.13. The summed E-state index contributed by atoms with van der Waals surface area (Å²) in [6.45, 7) is 2.05. The zero-order chi connectivity index (χ0) is 5.11. The molecule has 1 unspecified atom stereocenters. The number of hydrogen-bond donors (Lipinski definition) is 1. The molecule has 0 spiro atoms. The molecule has 0 amide bonds. The molecule has 1 N–H and O–H groups in total. The van der Waals surface area contributed by atoms with Gasteiger partial charge in [-0.25, -0.2) is 0 Å². The highest BCUT2D eigenvalue weighted by molar-refractivity contribution is 5.85. The first kappa shape index (κ1) is 8.21. The van der Waals surface area contributed by atoms with Crippen molar-refractivity contribution in [3.8, 4) is 0 Å². The summed E-state index contributed by atoms with van der Waals surface area (Å²) in [5.41, 5.74) is 0. The molecule has 8 heavy (non-hydrogen) atoms. The van der Waals surface area contributed by atoms with Crippen LogP contribution in [0.1, 0.15) is 6.42 Å². The minimum absolute atomic E-state index is 0. The smallest absolute Gasteiger partial charge is 0.0616 e. The summed E-state index contributed by atoms with van der Waals surface area (Å²) < 4.78 is 4.88. The molecule has 0 aromatic rings. The number of hydrogen-bond acceptors (Lipinski definition) is 2. The van der Waals surface area contributed by atoms with Crippen molar-refractivity contribution in [2.24, 2.45) is 0 Å². The highest BCUT2D eigenvalue weighted by Gasteiger charge is 2.14. The normalized spacial score (nSPS) is 25.9. The lowest BCUT2D eigenvalue weighted by atomic mass is 10.1. The molecule has 1 heterocycles. The molecular weight excluding hydrogens is 126 g/mol. The lowest BCUT2D eigenvalue weighted by Crippen LogP contribution is -2.45. The van der Waals surface area contributed by atoms with E-state index in [-0.39, 0.29) is 12.4 Å². The lowest BCUT2D eigenvalue weighted by Gasteiger charge is -2.26. The zero-order valence-electron chi connectivity index (χ0n) is 5.02. The fourth-order valence-electron chi connectivity index (χ4n) is 0.692. The maximum atomic E-state index is 4.88. The molecule has 1 aliphatic heterocycles. The molecule has 3 heteroatoms. The number of methoxy groups -OCH3 is 1. The third kappa shape index (κ3) is 1.99. The first-order chi connectivity index (χ1) is 3.43. The monoisotopic (exact) mass is 137 g/mol. The van der Waals surface area contributed by atoms with Crippen LogP contribution in [0.4, 0.5) is 0 Å². The molecule has 1 atom stereocenters. The highest BCUT2D eigenvalue weighted by atomic mass is 35.5. The molecule has 0 aliphatic carbocycles. The summed E-state index contributed by atoms with van der Waals surface area (Å²) in [4.78, 5) is 0. The van der Waals surface area contributed by atoms with E-state index in [2.05, 4.69) is 5.32 Å². The van der Waals surface area contributed by atoms with Crippen molar-refractivity contribution < 1.29 is 4.74 Å². The van der Waals surface area contributed by atoms with Gasteiger partial charge in [0, 0.05) is 13.2 Å². The van der Waals surface area contributed by atoms with E-state index in [1.807, 2.05) is 0 Å². The third-order valence-corrected chi connectivity index (χ3v) is 1.29. The van der Waals surface area contributed by atoms with E-state index < -0.39 is 0 Å². The Morgan fingerprint density at radius 3 is 2.50 bits per heavy atom. The van der Waals surface area contributed by atoms with Crippen LogP contribution in [0.3, 0.4) is 0 Å². The summed E-state index contributed by atoms with van der Waals surface area (Å²) >= 11 is 0. The van der Waals surface area contributed by atoms with Gasteiger partial charge >= 0.3 is 0 Å². The molecule has 1 saturated heterocycles. The summed E-state index contributed by atoms with van der Waals surface area (Å²) in [6, 6.07) is 0.657. The van der Waals surface area contributed by atoms with Gasteiger partial charge in [-0.2, -0.15) is 0 Å². The number of nitrogens with one attached hydrogen (secondary N) is 1. The van der Waals surface area contributed by atoms with Gasteiger partial charge < -0.3 is 10.1 Å². The van der Waals surface area contributed by atoms with Gasteiger partial charge in [0.25, 0.3) is 0 Å². The van der Waals surface area contributed by atoms with Crippen LogP contribution >= 0.6 is 12.4 Å². The van der Waals surface area contributed by atoms with Crippen LogP contribution in [-0.2, 0) is 4.74 Å². The summed E-state index contributed by atoms with van der Waals surface area (Å²) in [5.74, 6) is 0. The van der Waals surface area contributed by atoms with E-state index in [0.29, 0.717) is 6.04 Å². The van der Waals surface area contributed by atoms with E-state index in [9.17, 15) is 0 Å². The van der Waals surface area contributed by atoms with E-state index in [4.69, 9.17) is 4.74 Å². The minimum Gasteiger partial charge on any atom is -0.383 e. The van der Waals surface area contributed by atoms with E-state index in [1.165, 1.54) is 13.0 Å². The van der Waals surface area contributed by atoms with Gasteiger partial charge in [0.15, 0.2) is 0 Å². The van der Waals surface area contributed by atoms with Crippen molar-refractivity contribution in [1.29, 1.82) is 0 Å². The molecule has 50 valence electrons. The Morgan fingerprint density at radius 2 is 2.38 bits per heavy atom. The second-order valence-electron chi connectivity index (χ2n) is 1.90. The average Bonchev–Trinajstić information content (AvgIpc) is 1.55. The van der Waals surface area contributed by atoms with Crippen LogP contribution in [0.2, 0.25) is 0 Å². The van der Waals surface area contributed by atoms with Crippen molar-refractivity contribution in [3.05, 3.63) is 0 Å². The first-order valence-corrected chi connectivity index (χ1v) is 2.66. The number of ether oxygens (including phenoxy) is 1. The molecule has 0 bridgehead atoms. The molecule has 1 rings (SSSR count). The highest BCUT2D eigenvalue weighted by Crippen LogP contribution is 1.99. The zero-order valence-corrected chi connectivity index (χ0v) is 5.83. The summed E-state index contributed by atoms with van der Waals surface area (Å²) in [5, 5.41) is 3.22. The molecule has 2 nitrogen and oxygen atoms in total. The predicted molar refractivity (Wildman–Crippen MR) is 35.5 cm³/mol. The van der Waals surface area contributed by atoms with Gasteiger partial charge in [0.1, 0.15) is 0 Å². The van der Waals surface area contributed by atoms with E-state index in [0.717, 1.165) is 6.61 Å². The summed E-state index contributed by atoms with van der Waals surface area (Å²) in [7, 11) is 1.74. The Kier molecular flexibility index (Phi) is 4.23. The largest absolute Gasteiger partial charge is 0.383 e. The molecule has 1 aliphatic rings. The van der Waals surface area contributed by atoms with E-state index >= 15 is 0 Å². The molecule has 0 radical (unpaired) electrons. The van der Waals surface area contributed by atoms with Gasteiger partial charge in [-0.1, -0.05) is 0 Å².